The average Bonchev–Trinajstić information content (AvgIpc) is 2.33. The van der Waals surface area contributed by atoms with Gasteiger partial charge < -0.3 is 15.0 Å². The first kappa shape index (κ1) is 14.4. The van der Waals surface area contributed by atoms with Gasteiger partial charge in [-0.3, -0.25) is 0 Å². The highest BCUT2D eigenvalue weighted by Crippen LogP contribution is 2.21. The van der Waals surface area contributed by atoms with E-state index in [0.717, 1.165) is 7.11 Å². The van der Waals surface area contributed by atoms with Gasteiger partial charge in [-0.05, 0) is 26.2 Å². The summed E-state index contributed by atoms with van der Waals surface area (Å²) in [6.45, 7) is 1.15. The molecule has 4 nitrogen and oxygen atoms in total. The van der Waals surface area contributed by atoms with E-state index < -0.39 is 23.2 Å². The summed E-state index contributed by atoms with van der Waals surface area (Å²) in [4.78, 5) is 13.1. The van der Waals surface area contributed by atoms with Crippen molar-refractivity contribution >= 4 is 11.7 Å². The van der Waals surface area contributed by atoms with Crippen molar-refractivity contribution in [1.29, 1.82) is 0 Å². The second-order valence-electron chi connectivity index (χ2n) is 4.01. The first-order valence-electron chi connectivity index (χ1n) is 5.42. The largest absolute Gasteiger partial charge is 0.465 e. The number of nitrogens with zero attached hydrogens (tertiary/aromatic N) is 1. The minimum absolute atomic E-state index is 0.0296. The number of halogens is 2. The van der Waals surface area contributed by atoms with Gasteiger partial charge in [-0.15, -0.1) is 0 Å². The third-order valence-corrected chi connectivity index (χ3v) is 2.36. The zero-order valence-corrected chi connectivity index (χ0v) is 10.6. The van der Waals surface area contributed by atoms with Gasteiger partial charge in [0.25, 0.3) is 0 Å². The minimum Gasteiger partial charge on any atom is -0.465 e. The number of nitrogens with one attached hydrogen (secondary N) is 1. The number of esters is 1. The van der Waals surface area contributed by atoms with Crippen molar-refractivity contribution in [3.8, 4) is 0 Å². The van der Waals surface area contributed by atoms with E-state index in [0.29, 0.717) is 13.1 Å². The molecular formula is C12H16F2N2O2. The van der Waals surface area contributed by atoms with Crippen LogP contribution in [0.15, 0.2) is 12.1 Å². The Morgan fingerprint density at radius 3 is 2.56 bits per heavy atom. The molecule has 0 atom stereocenters. The molecule has 0 fully saturated rings. The van der Waals surface area contributed by atoms with Crippen molar-refractivity contribution in [2.75, 3.05) is 39.6 Å². The third-order valence-electron chi connectivity index (χ3n) is 2.36. The van der Waals surface area contributed by atoms with Gasteiger partial charge in [0.05, 0.1) is 18.4 Å². The van der Waals surface area contributed by atoms with Crippen molar-refractivity contribution in [2.45, 2.75) is 0 Å². The number of anilines is 1. The molecule has 1 rings (SSSR count). The SMILES string of the molecule is COC(=O)c1ccc(NCCN(C)C)c(F)c1F. The molecule has 1 aromatic rings. The van der Waals surface area contributed by atoms with Crippen LogP contribution < -0.4 is 5.32 Å². The summed E-state index contributed by atoms with van der Waals surface area (Å²) in [6.07, 6.45) is 0. The van der Waals surface area contributed by atoms with Crippen LogP contribution in [-0.2, 0) is 4.74 Å². The van der Waals surface area contributed by atoms with Gasteiger partial charge in [-0.2, -0.15) is 0 Å². The molecule has 6 heteroatoms. The lowest BCUT2D eigenvalue weighted by Gasteiger charge is -2.12. The molecule has 1 N–H and O–H groups in total. The van der Waals surface area contributed by atoms with E-state index in [1.807, 2.05) is 19.0 Å². The van der Waals surface area contributed by atoms with Crippen LogP contribution in [-0.4, -0.2) is 45.2 Å². The highest BCUT2D eigenvalue weighted by atomic mass is 19.2. The first-order valence-corrected chi connectivity index (χ1v) is 5.42. The quantitative estimate of drug-likeness (QED) is 0.817. The number of likely N-dealkylation sites (N-methyl/N-ethyl adjacent to an activating group) is 1. The van der Waals surface area contributed by atoms with E-state index in [1.165, 1.54) is 12.1 Å². The van der Waals surface area contributed by atoms with Crippen molar-refractivity contribution < 1.29 is 18.3 Å². The number of ether oxygens (including phenoxy) is 1. The summed E-state index contributed by atoms with van der Waals surface area (Å²) in [6, 6.07) is 2.52. The predicted molar refractivity (Wildman–Crippen MR) is 64.7 cm³/mol. The molecular weight excluding hydrogens is 242 g/mol. The van der Waals surface area contributed by atoms with Gasteiger partial charge in [0, 0.05) is 13.1 Å². The summed E-state index contributed by atoms with van der Waals surface area (Å²) in [5, 5.41) is 2.76. The highest BCUT2D eigenvalue weighted by molar-refractivity contribution is 5.90. The molecule has 100 valence electrons. The molecule has 0 saturated carbocycles. The zero-order chi connectivity index (χ0) is 13.7. The van der Waals surface area contributed by atoms with Crippen molar-refractivity contribution in [2.24, 2.45) is 0 Å². The van der Waals surface area contributed by atoms with Crippen LogP contribution in [0, 0.1) is 11.6 Å². The Labute approximate surface area is 105 Å². The Balaban J connectivity index is 2.84. The maximum absolute atomic E-state index is 13.6. The molecule has 0 aliphatic carbocycles. The second kappa shape index (κ2) is 6.30. The highest BCUT2D eigenvalue weighted by Gasteiger charge is 2.18. The lowest BCUT2D eigenvalue weighted by molar-refractivity contribution is 0.0594. The fraction of sp³-hybridized carbons (Fsp3) is 0.417. The van der Waals surface area contributed by atoms with E-state index in [2.05, 4.69) is 10.1 Å². The molecule has 0 unspecified atom stereocenters. The number of hydrogen-bond acceptors (Lipinski definition) is 4. The van der Waals surface area contributed by atoms with E-state index in [1.54, 1.807) is 0 Å². The van der Waals surface area contributed by atoms with Gasteiger partial charge >= 0.3 is 5.97 Å². The molecule has 0 aliphatic rings. The Hall–Kier alpha value is -1.69. The van der Waals surface area contributed by atoms with E-state index in [4.69, 9.17) is 0 Å². The second-order valence-corrected chi connectivity index (χ2v) is 4.01. The van der Waals surface area contributed by atoms with Crippen LogP contribution in [0.5, 0.6) is 0 Å². The molecule has 0 aliphatic heterocycles. The molecule has 0 radical (unpaired) electrons. The summed E-state index contributed by atoms with van der Waals surface area (Å²) in [7, 11) is 4.86. The molecule has 0 bridgehead atoms. The minimum atomic E-state index is -1.20. The standard InChI is InChI=1S/C12H16F2N2O2/c1-16(2)7-6-15-9-5-4-8(12(17)18-3)10(13)11(9)14/h4-5,15H,6-7H2,1-3H3. The van der Waals surface area contributed by atoms with Crippen molar-refractivity contribution in [3.05, 3.63) is 29.3 Å². The van der Waals surface area contributed by atoms with Crippen LogP contribution >= 0.6 is 0 Å². The molecule has 1 aromatic carbocycles. The Morgan fingerprint density at radius 1 is 1.33 bits per heavy atom. The van der Waals surface area contributed by atoms with E-state index in [9.17, 15) is 13.6 Å². The van der Waals surface area contributed by atoms with Crippen LogP contribution in [0.1, 0.15) is 10.4 Å². The zero-order valence-electron chi connectivity index (χ0n) is 10.6. The average molecular weight is 258 g/mol. The summed E-state index contributed by atoms with van der Waals surface area (Å²) < 4.78 is 31.5. The number of methoxy groups -OCH3 is 1. The summed E-state index contributed by atoms with van der Waals surface area (Å²) in [5.74, 6) is -3.17. The van der Waals surface area contributed by atoms with Crippen molar-refractivity contribution in [1.82, 2.24) is 4.90 Å². The van der Waals surface area contributed by atoms with E-state index >= 15 is 0 Å². The molecule has 0 amide bonds. The fourth-order valence-corrected chi connectivity index (χ4v) is 1.37. The number of carbonyl (C=O) groups excluding carboxylic acids is 1. The number of hydrogen-bond donors (Lipinski definition) is 1. The smallest absolute Gasteiger partial charge is 0.340 e. The number of rotatable bonds is 5. The third kappa shape index (κ3) is 3.40. The lowest BCUT2D eigenvalue weighted by Crippen LogP contribution is -2.21. The van der Waals surface area contributed by atoms with Crippen LogP contribution in [0.3, 0.4) is 0 Å². The molecule has 18 heavy (non-hydrogen) atoms. The van der Waals surface area contributed by atoms with Crippen LogP contribution in [0.25, 0.3) is 0 Å². The monoisotopic (exact) mass is 258 g/mol. The Kier molecular flexibility index (Phi) is 5.03. The maximum atomic E-state index is 13.6. The van der Waals surface area contributed by atoms with Gasteiger partial charge in [0.15, 0.2) is 11.6 Å². The molecule has 0 spiro atoms. The van der Waals surface area contributed by atoms with Crippen LogP contribution in [0.2, 0.25) is 0 Å². The predicted octanol–water partition coefficient (Wildman–Crippen LogP) is 1.72. The lowest BCUT2D eigenvalue weighted by atomic mass is 10.2. The normalized spacial score (nSPS) is 10.6. The topological polar surface area (TPSA) is 41.6 Å². The number of carbonyl (C=O) groups is 1. The summed E-state index contributed by atoms with van der Waals surface area (Å²) in [5.41, 5.74) is -0.379. The van der Waals surface area contributed by atoms with Gasteiger partial charge in [-0.1, -0.05) is 0 Å². The van der Waals surface area contributed by atoms with Gasteiger partial charge in [-0.25, -0.2) is 13.6 Å². The van der Waals surface area contributed by atoms with Crippen molar-refractivity contribution in [3.63, 3.8) is 0 Å². The number of benzene rings is 1. The van der Waals surface area contributed by atoms with E-state index in [-0.39, 0.29) is 5.69 Å². The fourth-order valence-electron chi connectivity index (χ4n) is 1.37. The molecule has 0 heterocycles. The summed E-state index contributed by atoms with van der Waals surface area (Å²) >= 11 is 0. The van der Waals surface area contributed by atoms with Gasteiger partial charge in [0.2, 0.25) is 0 Å². The molecule has 0 saturated heterocycles. The first-order chi connectivity index (χ1) is 8.47. The molecule has 0 aromatic heterocycles. The van der Waals surface area contributed by atoms with Gasteiger partial charge in [0.1, 0.15) is 0 Å². The maximum Gasteiger partial charge on any atom is 0.340 e. The van der Waals surface area contributed by atoms with Crippen LogP contribution in [0.4, 0.5) is 14.5 Å². The Bertz CT molecular complexity index is 436. The Morgan fingerprint density at radius 2 is 2.00 bits per heavy atom.